The highest BCUT2D eigenvalue weighted by Gasteiger charge is 2.27. The average Bonchev–Trinajstić information content (AvgIpc) is 3.25. The fourth-order valence-corrected chi connectivity index (χ4v) is 4.74. The van der Waals surface area contributed by atoms with Crippen LogP contribution in [0.3, 0.4) is 0 Å². The zero-order valence-corrected chi connectivity index (χ0v) is 16.2. The van der Waals surface area contributed by atoms with Crippen molar-refractivity contribution < 1.29 is 13.2 Å². The van der Waals surface area contributed by atoms with Crippen molar-refractivity contribution in [1.29, 1.82) is 0 Å². The number of carbonyl (C=O) groups excluding carboxylic acids is 1. The first kappa shape index (κ1) is 17.9. The molecule has 2 N–H and O–H groups in total. The molecule has 0 bridgehead atoms. The molecule has 0 spiro atoms. The lowest BCUT2D eigenvalue weighted by atomic mass is 9.99. The van der Waals surface area contributed by atoms with Gasteiger partial charge in [-0.3, -0.25) is 0 Å². The smallest absolute Gasteiger partial charge is 0.307 e. The molecule has 7 nitrogen and oxygen atoms in total. The Kier molecular flexibility index (Phi) is 4.38. The normalized spacial score (nSPS) is 15.3. The number of hydrogen-bond donors (Lipinski definition) is 2. The number of aryl methyl sites for hydroxylation is 4. The molecule has 0 aliphatic heterocycles. The summed E-state index contributed by atoms with van der Waals surface area (Å²) in [7, 11) is -4.13. The fourth-order valence-electron chi connectivity index (χ4n) is 3.91. The number of urea groups is 1. The van der Waals surface area contributed by atoms with Gasteiger partial charge in [-0.2, -0.15) is 8.42 Å². The van der Waals surface area contributed by atoms with E-state index in [1.54, 1.807) is 13.8 Å². The maximum atomic E-state index is 12.5. The van der Waals surface area contributed by atoms with Gasteiger partial charge in [0, 0.05) is 17.6 Å². The Bertz CT molecular complexity index is 1020. The lowest BCUT2D eigenvalue weighted by molar-refractivity contribution is 0.256. The van der Waals surface area contributed by atoms with Crippen molar-refractivity contribution in [1.82, 2.24) is 14.7 Å². The number of aromatic nitrogens is 2. The molecule has 1 aromatic heterocycles. The first-order valence-electron chi connectivity index (χ1n) is 9.15. The van der Waals surface area contributed by atoms with Gasteiger partial charge in [-0.15, -0.1) is 0 Å². The van der Waals surface area contributed by atoms with Gasteiger partial charge in [0.1, 0.15) is 0 Å². The summed E-state index contributed by atoms with van der Waals surface area (Å²) in [5.74, 6) is 0. The molecule has 2 aliphatic rings. The van der Waals surface area contributed by atoms with Gasteiger partial charge in [0.25, 0.3) is 5.16 Å². The molecule has 142 valence electrons. The van der Waals surface area contributed by atoms with Crippen LogP contribution in [0.1, 0.15) is 46.4 Å². The fraction of sp³-hybridized carbons (Fsp3) is 0.421. The van der Waals surface area contributed by atoms with Crippen LogP contribution in [-0.2, 0) is 35.7 Å². The van der Waals surface area contributed by atoms with Gasteiger partial charge in [0.15, 0.2) is 0 Å². The third kappa shape index (κ3) is 3.29. The van der Waals surface area contributed by atoms with Crippen molar-refractivity contribution in [3.05, 3.63) is 45.8 Å². The van der Waals surface area contributed by atoms with Crippen LogP contribution in [0.15, 0.2) is 17.4 Å². The van der Waals surface area contributed by atoms with E-state index in [1.165, 1.54) is 17.3 Å². The van der Waals surface area contributed by atoms with Gasteiger partial charge in [-0.25, -0.2) is 19.5 Å². The van der Waals surface area contributed by atoms with Crippen molar-refractivity contribution in [2.24, 2.45) is 0 Å². The number of amides is 2. The minimum atomic E-state index is -4.13. The van der Waals surface area contributed by atoms with E-state index in [0.29, 0.717) is 5.69 Å². The molecular formula is C19H22N4O3S. The Balaban J connectivity index is 1.59. The lowest BCUT2D eigenvalue weighted by Crippen LogP contribution is -2.36. The molecule has 0 unspecified atom stereocenters. The standard InChI is InChI=1S/C19H22N4O3S/c1-11-10-20-19(21-12(11)2)27(25,26)23-18(24)22-17-15-7-3-5-13(15)9-14-6-4-8-16(14)17/h9-10H,3-8H2,1-2H3,(H2,22,23,24). The first-order chi connectivity index (χ1) is 12.8. The van der Waals surface area contributed by atoms with E-state index in [1.807, 2.05) is 4.72 Å². The number of rotatable bonds is 3. The minimum absolute atomic E-state index is 0.399. The van der Waals surface area contributed by atoms with Crippen molar-refractivity contribution in [3.8, 4) is 0 Å². The summed E-state index contributed by atoms with van der Waals surface area (Å²) in [4.78, 5) is 20.3. The van der Waals surface area contributed by atoms with Crippen molar-refractivity contribution in [2.45, 2.75) is 57.5 Å². The molecule has 27 heavy (non-hydrogen) atoms. The summed E-state index contributed by atoms with van der Waals surface area (Å²) in [6.45, 7) is 3.50. The van der Waals surface area contributed by atoms with Crippen LogP contribution in [-0.4, -0.2) is 24.4 Å². The number of sulfonamides is 1. The predicted octanol–water partition coefficient (Wildman–Crippen LogP) is 2.58. The van der Waals surface area contributed by atoms with Gasteiger partial charge < -0.3 is 5.32 Å². The van der Waals surface area contributed by atoms with Gasteiger partial charge >= 0.3 is 16.1 Å². The van der Waals surface area contributed by atoms with Crippen LogP contribution in [0, 0.1) is 13.8 Å². The number of nitrogens with one attached hydrogen (secondary N) is 2. The third-order valence-corrected chi connectivity index (χ3v) is 6.51. The molecule has 0 radical (unpaired) electrons. The molecule has 1 heterocycles. The summed E-state index contributed by atoms with van der Waals surface area (Å²) in [5, 5.41) is 2.41. The number of carbonyl (C=O) groups is 1. The highest BCUT2D eigenvalue weighted by atomic mass is 32.2. The number of nitrogens with zero attached hydrogens (tertiary/aromatic N) is 2. The van der Waals surface area contributed by atoms with Gasteiger partial charge in [-0.05, 0) is 80.2 Å². The molecule has 8 heteroatoms. The Labute approximate surface area is 158 Å². The van der Waals surface area contributed by atoms with E-state index in [4.69, 9.17) is 0 Å². The molecule has 1 aromatic carbocycles. The van der Waals surface area contributed by atoms with E-state index in [9.17, 15) is 13.2 Å². The topological polar surface area (TPSA) is 101 Å². The van der Waals surface area contributed by atoms with E-state index < -0.39 is 21.2 Å². The van der Waals surface area contributed by atoms with Gasteiger partial charge in [0.05, 0.1) is 0 Å². The van der Waals surface area contributed by atoms with E-state index >= 15 is 0 Å². The quantitative estimate of drug-likeness (QED) is 0.790. The molecule has 2 aromatic rings. The highest BCUT2D eigenvalue weighted by molar-refractivity contribution is 7.89. The second-order valence-corrected chi connectivity index (χ2v) is 8.79. The number of anilines is 1. The van der Waals surface area contributed by atoms with Crippen molar-refractivity contribution in [2.75, 3.05) is 5.32 Å². The van der Waals surface area contributed by atoms with E-state index in [0.717, 1.165) is 60.9 Å². The number of benzene rings is 1. The minimum Gasteiger partial charge on any atom is -0.307 e. The molecule has 0 atom stereocenters. The molecule has 2 aliphatic carbocycles. The zero-order chi connectivity index (χ0) is 19.2. The molecule has 2 amide bonds. The third-order valence-electron chi connectivity index (χ3n) is 5.38. The summed E-state index contributed by atoms with van der Waals surface area (Å²) in [6.07, 6.45) is 7.39. The SMILES string of the molecule is Cc1cnc(S(=O)(=O)NC(=O)Nc2c3c(cc4c2CCC4)CCC3)nc1C. The largest absolute Gasteiger partial charge is 0.333 e. The Morgan fingerprint density at radius 1 is 1.04 bits per heavy atom. The second kappa shape index (κ2) is 6.60. The van der Waals surface area contributed by atoms with Gasteiger partial charge in [0.2, 0.25) is 0 Å². The monoisotopic (exact) mass is 386 g/mol. The molecular weight excluding hydrogens is 364 g/mol. The molecule has 4 rings (SSSR count). The maximum absolute atomic E-state index is 12.5. The lowest BCUT2D eigenvalue weighted by Gasteiger charge is -2.16. The summed E-state index contributed by atoms with van der Waals surface area (Å²) in [5.41, 5.74) is 6.97. The Morgan fingerprint density at radius 3 is 2.26 bits per heavy atom. The highest BCUT2D eigenvalue weighted by Crippen LogP contribution is 2.38. The molecule has 0 saturated carbocycles. The Morgan fingerprint density at radius 2 is 1.67 bits per heavy atom. The van der Waals surface area contributed by atoms with Crippen LogP contribution < -0.4 is 10.0 Å². The Hall–Kier alpha value is -2.48. The van der Waals surface area contributed by atoms with Crippen LogP contribution in [0.5, 0.6) is 0 Å². The number of fused-ring (bicyclic) bond motifs is 2. The average molecular weight is 386 g/mol. The second-order valence-electron chi connectivity index (χ2n) is 7.21. The van der Waals surface area contributed by atoms with Gasteiger partial charge in [-0.1, -0.05) is 6.07 Å². The molecule has 0 saturated heterocycles. The maximum Gasteiger partial charge on any atom is 0.333 e. The van der Waals surface area contributed by atoms with E-state index in [2.05, 4.69) is 21.4 Å². The van der Waals surface area contributed by atoms with Crippen LogP contribution >= 0.6 is 0 Å². The van der Waals surface area contributed by atoms with Crippen LogP contribution in [0.25, 0.3) is 0 Å². The summed E-state index contributed by atoms with van der Waals surface area (Å²) >= 11 is 0. The van der Waals surface area contributed by atoms with E-state index in [-0.39, 0.29) is 0 Å². The van der Waals surface area contributed by atoms with Crippen LogP contribution in [0.4, 0.5) is 10.5 Å². The van der Waals surface area contributed by atoms with Crippen molar-refractivity contribution >= 4 is 21.7 Å². The van der Waals surface area contributed by atoms with Crippen molar-refractivity contribution in [3.63, 3.8) is 0 Å². The summed E-state index contributed by atoms with van der Waals surface area (Å²) < 4.78 is 27.0. The summed E-state index contributed by atoms with van der Waals surface area (Å²) in [6, 6.07) is 1.49. The zero-order valence-electron chi connectivity index (χ0n) is 15.4. The van der Waals surface area contributed by atoms with Crippen LogP contribution in [0.2, 0.25) is 0 Å². The molecule has 0 fully saturated rings. The number of hydrogen-bond acceptors (Lipinski definition) is 5. The first-order valence-corrected chi connectivity index (χ1v) is 10.6. The predicted molar refractivity (Wildman–Crippen MR) is 101 cm³/mol.